The highest BCUT2D eigenvalue weighted by Gasteiger charge is 2.16. The molecule has 0 aliphatic carbocycles. The third-order valence-electron chi connectivity index (χ3n) is 1.40. The molecule has 0 aromatic rings. The summed E-state index contributed by atoms with van der Waals surface area (Å²) in [5.41, 5.74) is 4.98. The lowest BCUT2D eigenvalue weighted by Gasteiger charge is -2.23. The Morgan fingerprint density at radius 2 is 2.00 bits per heavy atom. The molecule has 0 fully saturated rings. The number of hydrogen-bond acceptors (Lipinski definition) is 2. The van der Waals surface area contributed by atoms with E-state index in [-0.39, 0.29) is 5.41 Å². The van der Waals surface area contributed by atoms with E-state index in [1.807, 2.05) is 7.05 Å². The zero-order valence-electron chi connectivity index (χ0n) is 7.40. The zero-order chi connectivity index (χ0) is 8.91. The van der Waals surface area contributed by atoms with Crippen LogP contribution in [0.4, 0.5) is 4.79 Å². The average molecular weight is 159 g/mol. The van der Waals surface area contributed by atoms with Gasteiger partial charge in [0.1, 0.15) is 0 Å². The molecule has 0 aliphatic heterocycles. The van der Waals surface area contributed by atoms with Gasteiger partial charge in [0, 0.05) is 13.1 Å². The predicted molar refractivity (Wildman–Crippen MR) is 45.3 cm³/mol. The summed E-state index contributed by atoms with van der Waals surface area (Å²) in [4.78, 5) is 10.3. The van der Waals surface area contributed by atoms with Crippen molar-refractivity contribution in [1.29, 1.82) is 0 Å². The van der Waals surface area contributed by atoms with Crippen LogP contribution in [0.5, 0.6) is 0 Å². The Morgan fingerprint density at radius 3 is 2.36 bits per heavy atom. The first-order valence-electron chi connectivity index (χ1n) is 3.66. The van der Waals surface area contributed by atoms with Crippen molar-refractivity contribution in [2.24, 2.45) is 11.1 Å². The van der Waals surface area contributed by atoms with Crippen LogP contribution in [0.2, 0.25) is 0 Å². The third kappa shape index (κ3) is 5.66. The molecule has 0 saturated carbocycles. The molecule has 4 nitrogen and oxygen atoms in total. The number of rotatable bonds is 4. The smallest absolute Gasteiger partial charge is 0.312 e. The first-order chi connectivity index (χ1) is 4.98. The summed E-state index contributed by atoms with van der Waals surface area (Å²) in [6.07, 6.45) is 0. The van der Waals surface area contributed by atoms with Gasteiger partial charge in [0.25, 0.3) is 0 Å². The van der Waals surface area contributed by atoms with Crippen LogP contribution in [0.3, 0.4) is 0 Å². The highest BCUT2D eigenvalue weighted by molar-refractivity contribution is 5.71. The molecule has 0 bridgehead atoms. The Balaban J connectivity index is 3.63. The van der Waals surface area contributed by atoms with Gasteiger partial charge in [-0.15, -0.1) is 0 Å². The molecule has 0 spiro atoms. The molecule has 0 heterocycles. The molecule has 0 saturated heterocycles. The van der Waals surface area contributed by atoms with Gasteiger partial charge in [-0.2, -0.15) is 0 Å². The number of urea groups is 1. The minimum Gasteiger partial charge on any atom is -0.352 e. The molecule has 4 heteroatoms. The number of carbonyl (C=O) groups is 1. The Morgan fingerprint density at radius 1 is 1.45 bits per heavy atom. The SMILES string of the molecule is CNCC(C)(C)CNC(N)=O. The van der Waals surface area contributed by atoms with E-state index >= 15 is 0 Å². The fourth-order valence-corrected chi connectivity index (χ4v) is 0.867. The fraction of sp³-hybridized carbons (Fsp3) is 0.857. The molecule has 0 rings (SSSR count). The first-order valence-corrected chi connectivity index (χ1v) is 3.66. The van der Waals surface area contributed by atoms with E-state index in [1.165, 1.54) is 0 Å². The maximum absolute atomic E-state index is 10.3. The van der Waals surface area contributed by atoms with Crippen LogP contribution in [0.15, 0.2) is 0 Å². The summed E-state index contributed by atoms with van der Waals surface area (Å²) in [6, 6.07) is -0.464. The van der Waals surface area contributed by atoms with Gasteiger partial charge >= 0.3 is 6.03 Å². The minimum atomic E-state index is -0.464. The highest BCUT2D eigenvalue weighted by atomic mass is 16.2. The highest BCUT2D eigenvalue weighted by Crippen LogP contribution is 2.10. The largest absolute Gasteiger partial charge is 0.352 e. The molecule has 0 radical (unpaired) electrons. The summed E-state index contributed by atoms with van der Waals surface area (Å²) in [7, 11) is 1.88. The van der Waals surface area contributed by atoms with Crippen LogP contribution in [0.25, 0.3) is 0 Å². The molecule has 66 valence electrons. The minimum absolute atomic E-state index is 0.0593. The lowest BCUT2D eigenvalue weighted by atomic mass is 9.94. The summed E-state index contributed by atoms with van der Waals surface area (Å²) in [6.45, 7) is 5.56. The van der Waals surface area contributed by atoms with Gasteiger partial charge in [-0.3, -0.25) is 0 Å². The van der Waals surface area contributed by atoms with Gasteiger partial charge < -0.3 is 16.4 Å². The van der Waals surface area contributed by atoms with E-state index in [9.17, 15) is 4.79 Å². The normalized spacial score (nSPS) is 11.2. The summed E-state index contributed by atoms with van der Waals surface area (Å²) < 4.78 is 0. The van der Waals surface area contributed by atoms with Gasteiger partial charge in [0.05, 0.1) is 0 Å². The molecule has 0 aromatic carbocycles. The van der Waals surface area contributed by atoms with Gasteiger partial charge in [-0.25, -0.2) is 4.79 Å². The van der Waals surface area contributed by atoms with Crippen LogP contribution in [0.1, 0.15) is 13.8 Å². The van der Waals surface area contributed by atoms with Crippen LogP contribution in [-0.4, -0.2) is 26.2 Å². The van der Waals surface area contributed by atoms with Crippen LogP contribution < -0.4 is 16.4 Å². The fourth-order valence-electron chi connectivity index (χ4n) is 0.867. The summed E-state index contributed by atoms with van der Waals surface area (Å²) in [5, 5.41) is 5.61. The van der Waals surface area contributed by atoms with Crippen LogP contribution >= 0.6 is 0 Å². The molecule has 0 aromatic heterocycles. The van der Waals surface area contributed by atoms with Gasteiger partial charge in [-0.1, -0.05) is 13.8 Å². The second-order valence-corrected chi connectivity index (χ2v) is 3.41. The standard InChI is InChI=1S/C7H17N3O/c1-7(2,4-9-3)5-10-6(8)11/h9H,4-5H2,1-3H3,(H3,8,10,11). The topological polar surface area (TPSA) is 67.2 Å². The maximum atomic E-state index is 10.3. The van der Waals surface area contributed by atoms with E-state index in [0.29, 0.717) is 6.54 Å². The lowest BCUT2D eigenvalue weighted by molar-refractivity contribution is 0.241. The Bertz CT molecular complexity index is 134. The quantitative estimate of drug-likeness (QED) is 0.536. The van der Waals surface area contributed by atoms with Crippen molar-refractivity contribution in [3.63, 3.8) is 0 Å². The molecule has 2 amide bonds. The Labute approximate surface area is 67.5 Å². The van der Waals surface area contributed by atoms with Crippen LogP contribution in [0, 0.1) is 5.41 Å². The number of carbonyl (C=O) groups excluding carboxylic acids is 1. The van der Waals surface area contributed by atoms with Crippen molar-refractivity contribution in [3.05, 3.63) is 0 Å². The van der Waals surface area contributed by atoms with E-state index in [4.69, 9.17) is 5.73 Å². The van der Waals surface area contributed by atoms with E-state index in [1.54, 1.807) is 0 Å². The molecule has 0 unspecified atom stereocenters. The number of hydrogen-bond donors (Lipinski definition) is 3. The lowest BCUT2D eigenvalue weighted by Crippen LogP contribution is -2.41. The van der Waals surface area contributed by atoms with Crippen molar-refractivity contribution in [1.82, 2.24) is 10.6 Å². The molecule has 0 atom stereocenters. The number of amides is 2. The zero-order valence-corrected chi connectivity index (χ0v) is 7.40. The summed E-state index contributed by atoms with van der Waals surface area (Å²) in [5.74, 6) is 0. The van der Waals surface area contributed by atoms with Crippen molar-refractivity contribution >= 4 is 6.03 Å². The second kappa shape index (κ2) is 4.18. The van der Waals surface area contributed by atoms with Crippen molar-refractivity contribution in [2.45, 2.75) is 13.8 Å². The van der Waals surface area contributed by atoms with Gasteiger partial charge in [0.2, 0.25) is 0 Å². The summed E-state index contributed by atoms with van der Waals surface area (Å²) >= 11 is 0. The van der Waals surface area contributed by atoms with E-state index < -0.39 is 6.03 Å². The van der Waals surface area contributed by atoms with E-state index in [0.717, 1.165) is 6.54 Å². The average Bonchev–Trinajstić information content (AvgIpc) is 1.84. The Kier molecular flexibility index (Phi) is 3.89. The monoisotopic (exact) mass is 159 g/mol. The predicted octanol–water partition coefficient (Wildman–Crippen LogP) is -0.0997. The van der Waals surface area contributed by atoms with Crippen molar-refractivity contribution in [2.75, 3.05) is 20.1 Å². The van der Waals surface area contributed by atoms with Gasteiger partial charge in [0.15, 0.2) is 0 Å². The van der Waals surface area contributed by atoms with Crippen molar-refractivity contribution in [3.8, 4) is 0 Å². The number of nitrogens with two attached hydrogens (primary N) is 1. The third-order valence-corrected chi connectivity index (χ3v) is 1.40. The Hall–Kier alpha value is -0.770. The molecular formula is C7H17N3O. The number of nitrogens with one attached hydrogen (secondary N) is 2. The first kappa shape index (κ1) is 10.2. The molecule has 11 heavy (non-hydrogen) atoms. The molecule has 4 N–H and O–H groups in total. The van der Waals surface area contributed by atoms with Crippen molar-refractivity contribution < 1.29 is 4.79 Å². The van der Waals surface area contributed by atoms with Crippen LogP contribution in [-0.2, 0) is 0 Å². The molecular weight excluding hydrogens is 142 g/mol. The van der Waals surface area contributed by atoms with Gasteiger partial charge in [-0.05, 0) is 12.5 Å². The van der Waals surface area contributed by atoms with E-state index in [2.05, 4.69) is 24.5 Å². The number of primary amides is 1. The second-order valence-electron chi connectivity index (χ2n) is 3.41. The maximum Gasteiger partial charge on any atom is 0.312 e. The molecule has 0 aliphatic rings.